The fraction of sp³-hybridized carbons (Fsp3) is 0.235. The summed E-state index contributed by atoms with van der Waals surface area (Å²) in [6, 6.07) is 12.9. The number of hydrogen-bond acceptors (Lipinski definition) is 5. The zero-order valence-electron chi connectivity index (χ0n) is 12.6. The first-order chi connectivity index (χ1) is 10.6. The number of carbonyl (C=O) groups is 1. The van der Waals surface area contributed by atoms with E-state index in [1.54, 1.807) is 19.1 Å². The summed E-state index contributed by atoms with van der Waals surface area (Å²) in [7, 11) is 0. The Balaban J connectivity index is 2.00. The van der Waals surface area contributed by atoms with Crippen molar-refractivity contribution in [3.05, 3.63) is 58.8 Å². The predicted octanol–water partition coefficient (Wildman–Crippen LogP) is 3.05. The van der Waals surface area contributed by atoms with E-state index in [2.05, 4.69) is 16.4 Å². The second kappa shape index (κ2) is 7.23. The molecule has 2 rings (SSSR count). The van der Waals surface area contributed by atoms with Crippen molar-refractivity contribution in [2.75, 3.05) is 11.9 Å². The molecule has 5 heteroatoms. The van der Waals surface area contributed by atoms with Gasteiger partial charge in [-0.3, -0.25) is 0 Å². The fourth-order valence-electron chi connectivity index (χ4n) is 1.91. The zero-order valence-corrected chi connectivity index (χ0v) is 12.6. The highest BCUT2D eigenvalue weighted by Gasteiger charge is 2.06. The number of aryl methyl sites for hydroxylation is 1. The summed E-state index contributed by atoms with van der Waals surface area (Å²) in [6.45, 7) is 4.55. The summed E-state index contributed by atoms with van der Waals surface area (Å²) in [5.74, 6) is 0.331. The van der Waals surface area contributed by atoms with Crippen molar-refractivity contribution in [1.29, 1.82) is 5.26 Å². The van der Waals surface area contributed by atoms with Crippen LogP contribution in [0.25, 0.3) is 0 Å². The zero-order chi connectivity index (χ0) is 15.9. The summed E-state index contributed by atoms with van der Waals surface area (Å²) in [4.78, 5) is 15.8. The maximum atomic E-state index is 11.6. The molecule has 0 amide bonds. The van der Waals surface area contributed by atoms with E-state index in [1.165, 1.54) is 0 Å². The van der Waals surface area contributed by atoms with Gasteiger partial charge in [-0.25, -0.2) is 9.78 Å². The number of carbonyl (C=O) groups excluding carboxylic acids is 1. The van der Waals surface area contributed by atoms with Gasteiger partial charge in [0.05, 0.1) is 12.2 Å². The van der Waals surface area contributed by atoms with Crippen LogP contribution >= 0.6 is 0 Å². The minimum absolute atomic E-state index is 0.319. The number of ether oxygens (including phenoxy) is 1. The first kappa shape index (κ1) is 15.5. The first-order valence-corrected chi connectivity index (χ1v) is 7.01. The second-order valence-electron chi connectivity index (χ2n) is 4.74. The van der Waals surface area contributed by atoms with Crippen molar-refractivity contribution in [3.63, 3.8) is 0 Å². The van der Waals surface area contributed by atoms with E-state index in [9.17, 15) is 4.79 Å². The fourth-order valence-corrected chi connectivity index (χ4v) is 1.91. The minimum atomic E-state index is -0.319. The van der Waals surface area contributed by atoms with E-state index in [4.69, 9.17) is 10.00 Å². The van der Waals surface area contributed by atoms with Gasteiger partial charge in [0.2, 0.25) is 0 Å². The van der Waals surface area contributed by atoms with Crippen molar-refractivity contribution < 1.29 is 9.53 Å². The van der Waals surface area contributed by atoms with Crippen LogP contribution in [0.1, 0.15) is 34.1 Å². The van der Waals surface area contributed by atoms with Gasteiger partial charge < -0.3 is 10.1 Å². The Labute approximate surface area is 129 Å². The SMILES string of the molecule is CCOC(=O)c1ccc(CNc2ccc(C)c(C#N)n2)cc1. The molecule has 0 aliphatic carbocycles. The summed E-state index contributed by atoms with van der Waals surface area (Å²) in [5, 5.41) is 12.1. The number of pyridine rings is 1. The number of nitriles is 1. The van der Waals surface area contributed by atoms with Crippen LogP contribution < -0.4 is 5.32 Å². The third-order valence-electron chi connectivity index (χ3n) is 3.14. The third-order valence-corrected chi connectivity index (χ3v) is 3.14. The molecule has 0 aliphatic heterocycles. The maximum Gasteiger partial charge on any atom is 0.338 e. The van der Waals surface area contributed by atoms with Gasteiger partial charge in [-0.1, -0.05) is 18.2 Å². The highest BCUT2D eigenvalue weighted by molar-refractivity contribution is 5.89. The van der Waals surface area contributed by atoms with Gasteiger partial charge in [-0.05, 0) is 43.2 Å². The lowest BCUT2D eigenvalue weighted by molar-refractivity contribution is 0.0526. The molecule has 5 nitrogen and oxygen atoms in total. The molecule has 0 saturated heterocycles. The predicted molar refractivity (Wildman–Crippen MR) is 83.4 cm³/mol. The molecule has 0 spiro atoms. The molecule has 1 heterocycles. The van der Waals surface area contributed by atoms with Crippen molar-refractivity contribution in [1.82, 2.24) is 4.98 Å². The van der Waals surface area contributed by atoms with Crippen LogP contribution in [0.5, 0.6) is 0 Å². The molecule has 1 aromatic heterocycles. The quantitative estimate of drug-likeness (QED) is 0.858. The summed E-state index contributed by atoms with van der Waals surface area (Å²) in [5.41, 5.74) is 2.81. The van der Waals surface area contributed by atoms with Crippen molar-refractivity contribution >= 4 is 11.8 Å². The van der Waals surface area contributed by atoms with Crippen molar-refractivity contribution in [3.8, 4) is 6.07 Å². The van der Waals surface area contributed by atoms with Crippen LogP contribution in [0.15, 0.2) is 36.4 Å². The highest BCUT2D eigenvalue weighted by Crippen LogP contribution is 2.12. The van der Waals surface area contributed by atoms with Gasteiger partial charge in [-0.15, -0.1) is 0 Å². The number of hydrogen-bond donors (Lipinski definition) is 1. The Morgan fingerprint density at radius 1 is 1.27 bits per heavy atom. The first-order valence-electron chi connectivity index (χ1n) is 7.01. The Morgan fingerprint density at radius 2 is 2.00 bits per heavy atom. The Hall–Kier alpha value is -2.87. The Kier molecular flexibility index (Phi) is 5.10. The summed E-state index contributed by atoms with van der Waals surface area (Å²) in [6.07, 6.45) is 0. The molecule has 22 heavy (non-hydrogen) atoms. The molecule has 0 atom stereocenters. The van der Waals surface area contributed by atoms with E-state index < -0.39 is 0 Å². The highest BCUT2D eigenvalue weighted by atomic mass is 16.5. The van der Waals surface area contributed by atoms with Crippen LogP contribution in [0.4, 0.5) is 5.82 Å². The van der Waals surface area contributed by atoms with Crippen LogP contribution in [-0.4, -0.2) is 17.6 Å². The largest absolute Gasteiger partial charge is 0.462 e. The maximum absolute atomic E-state index is 11.6. The molecule has 0 radical (unpaired) electrons. The summed E-state index contributed by atoms with van der Waals surface area (Å²) >= 11 is 0. The second-order valence-corrected chi connectivity index (χ2v) is 4.74. The molecule has 0 fully saturated rings. The average Bonchev–Trinajstić information content (AvgIpc) is 2.55. The molecule has 0 saturated carbocycles. The number of aromatic nitrogens is 1. The number of nitrogens with one attached hydrogen (secondary N) is 1. The van der Waals surface area contributed by atoms with E-state index >= 15 is 0 Å². The van der Waals surface area contributed by atoms with Gasteiger partial charge in [0.1, 0.15) is 17.6 Å². The molecule has 1 aromatic carbocycles. The third kappa shape index (κ3) is 3.83. The average molecular weight is 295 g/mol. The van der Waals surface area contributed by atoms with E-state index in [0.717, 1.165) is 11.1 Å². The number of anilines is 1. The van der Waals surface area contributed by atoms with Crippen LogP contribution in [-0.2, 0) is 11.3 Å². The van der Waals surface area contributed by atoms with Gasteiger partial charge in [0.25, 0.3) is 0 Å². The summed E-state index contributed by atoms with van der Waals surface area (Å²) < 4.78 is 4.94. The lowest BCUT2D eigenvalue weighted by Gasteiger charge is -2.08. The van der Waals surface area contributed by atoms with E-state index in [1.807, 2.05) is 31.2 Å². The molecule has 0 aliphatic rings. The molecular weight excluding hydrogens is 278 g/mol. The van der Waals surface area contributed by atoms with Gasteiger partial charge in [0.15, 0.2) is 0 Å². The molecular formula is C17H17N3O2. The Bertz CT molecular complexity index is 703. The normalized spacial score (nSPS) is 9.86. The van der Waals surface area contributed by atoms with Crippen LogP contribution in [0.2, 0.25) is 0 Å². The number of nitrogens with zero attached hydrogens (tertiary/aromatic N) is 2. The van der Waals surface area contributed by atoms with Gasteiger partial charge in [-0.2, -0.15) is 5.26 Å². The molecule has 1 N–H and O–H groups in total. The van der Waals surface area contributed by atoms with Crippen LogP contribution in [0, 0.1) is 18.3 Å². The lowest BCUT2D eigenvalue weighted by atomic mass is 10.1. The number of benzene rings is 1. The van der Waals surface area contributed by atoms with Crippen molar-refractivity contribution in [2.24, 2.45) is 0 Å². The van der Waals surface area contributed by atoms with Gasteiger partial charge >= 0.3 is 5.97 Å². The smallest absolute Gasteiger partial charge is 0.338 e. The minimum Gasteiger partial charge on any atom is -0.462 e. The molecule has 2 aromatic rings. The Morgan fingerprint density at radius 3 is 2.64 bits per heavy atom. The van der Waals surface area contributed by atoms with E-state index in [0.29, 0.717) is 30.2 Å². The molecule has 0 bridgehead atoms. The van der Waals surface area contributed by atoms with E-state index in [-0.39, 0.29) is 5.97 Å². The van der Waals surface area contributed by atoms with Crippen LogP contribution in [0.3, 0.4) is 0 Å². The number of esters is 1. The monoisotopic (exact) mass is 295 g/mol. The van der Waals surface area contributed by atoms with Gasteiger partial charge in [0, 0.05) is 6.54 Å². The number of rotatable bonds is 5. The molecule has 112 valence electrons. The lowest BCUT2D eigenvalue weighted by Crippen LogP contribution is -2.06. The standard InChI is InChI=1S/C17H17N3O2/c1-3-22-17(21)14-7-5-13(6-8-14)11-19-16-9-4-12(2)15(10-18)20-16/h4-9H,3,11H2,1-2H3,(H,19,20). The van der Waals surface area contributed by atoms with Crippen molar-refractivity contribution in [2.45, 2.75) is 20.4 Å². The topological polar surface area (TPSA) is 75.0 Å². The molecule has 0 unspecified atom stereocenters.